The second-order valence-electron chi connectivity index (χ2n) is 8.37. The molecule has 2 saturated carbocycles. The topological polar surface area (TPSA) is 80.7 Å². The molecule has 1 amide bonds. The van der Waals surface area contributed by atoms with E-state index in [-0.39, 0.29) is 40.1 Å². The van der Waals surface area contributed by atoms with Gasteiger partial charge in [0.1, 0.15) is 0 Å². The van der Waals surface area contributed by atoms with Crippen molar-refractivity contribution in [1.29, 1.82) is 0 Å². The summed E-state index contributed by atoms with van der Waals surface area (Å²) in [7, 11) is -3.49. The molecule has 2 aliphatic rings. The summed E-state index contributed by atoms with van der Waals surface area (Å²) in [6.45, 7) is -0.356. The molecule has 6 nitrogen and oxygen atoms in total. The number of benzene rings is 1. The molecular weight excluding hydrogens is 426 g/mol. The second kappa shape index (κ2) is 10.1. The standard InChI is InChI=1S/C22H30ClNO5S/c1-30(27,28)18-12-13-20(23)19(14-18)22(26)29-15-21(25)24(16-8-4-2-5-9-16)17-10-6-3-7-11-17/h12-14,16-17H,2-11,15H2,1H3. The molecule has 0 aromatic heterocycles. The fourth-order valence-corrected chi connectivity index (χ4v) is 5.44. The number of ether oxygens (including phenoxy) is 1. The van der Waals surface area contributed by atoms with Crippen LogP contribution in [0, 0.1) is 0 Å². The Morgan fingerprint density at radius 3 is 2.03 bits per heavy atom. The van der Waals surface area contributed by atoms with Gasteiger partial charge in [-0.3, -0.25) is 4.79 Å². The van der Waals surface area contributed by atoms with E-state index < -0.39 is 15.8 Å². The lowest BCUT2D eigenvalue weighted by Gasteiger charge is -2.41. The summed E-state index contributed by atoms with van der Waals surface area (Å²) in [6, 6.07) is 4.32. The fraction of sp³-hybridized carbons (Fsp3) is 0.636. The number of nitrogens with zero attached hydrogens (tertiary/aromatic N) is 1. The van der Waals surface area contributed by atoms with Crippen LogP contribution < -0.4 is 0 Å². The first-order valence-corrected chi connectivity index (χ1v) is 13.0. The minimum atomic E-state index is -3.49. The summed E-state index contributed by atoms with van der Waals surface area (Å²) >= 11 is 6.07. The highest BCUT2D eigenvalue weighted by Gasteiger charge is 2.33. The van der Waals surface area contributed by atoms with Crippen LogP contribution in [0.2, 0.25) is 5.02 Å². The van der Waals surface area contributed by atoms with Crippen molar-refractivity contribution in [3.8, 4) is 0 Å². The summed E-state index contributed by atoms with van der Waals surface area (Å²) in [6.07, 6.45) is 11.9. The molecule has 0 unspecified atom stereocenters. The van der Waals surface area contributed by atoms with E-state index in [0.717, 1.165) is 57.6 Å². The molecule has 8 heteroatoms. The van der Waals surface area contributed by atoms with Gasteiger partial charge >= 0.3 is 5.97 Å². The molecule has 0 N–H and O–H groups in total. The SMILES string of the molecule is CS(=O)(=O)c1ccc(Cl)c(C(=O)OCC(=O)N(C2CCCCC2)C2CCCCC2)c1. The molecule has 0 radical (unpaired) electrons. The summed E-state index contributed by atoms with van der Waals surface area (Å²) in [4.78, 5) is 27.6. The van der Waals surface area contributed by atoms with Gasteiger partial charge in [0, 0.05) is 18.3 Å². The van der Waals surface area contributed by atoms with E-state index in [4.69, 9.17) is 16.3 Å². The van der Waals surface area contributed by atoms with Crippen molar-refractivity contribution in [2.45, 2.75) is 81.2 Å². The Morgan fingerprint density at radius 1 is 1.00 bits per heavy atom. The number of halogens is 1. The number of sulfone groups is 1. The average molecular weight is 456 g/mol. The van der Waals surface area contributed by atoms with Gasteiger partial charge in [-0.2, -0.15) is 0 Å². The highest BCUT2D eigenvalue weighted by atomic mass is 35.5. The van der Waals surface area contributed by atoms with Crippen LogP contribution >= 0.6 is 11.6 Å². The Labute approximate surface area is 183 Å². The van der Waals surface area contributed by atoms with E-state index in [0.29, 0.717) is 0 Å². The highest BCUT2D eigenvalue weighted by molar-refractivity contribution is 7.90. The van der Waals surface area contributed by atoms with Gasteiger partial charge in [0.25, 0.3) is 5.91 Å². The Bertz CT molecular complexity index is 856. The molecule has 3 rings (SSSR count). The maximum atomic E-state index is 13.1. The molecule has 0 aliphatic heterocycles. The lowest BCUT2D eigenvalue weighted by Crippen LogP contribution is -2.50. The molecule has 166 valence electrons. The minimum absolute atomic E-state index is 0.0174. The van der Waals surface area contributed by atoms with Crippen LogP contribution in [0.3, 0.4) is 0 Å². The highest BCUT2D eigenvalue weighted by Crippen LogP contribution is 2.30. The first-order chi connectivity index (χ1) is 14.3. The second-order valence-corrected chi connectivity index (χ2v) is 10.8. The van der Waals surface area contributed by atoms with E-state index in [1.807, 2.05) is 4.90 Å². The van der Waals surface area contributed by atoms with Crippen LogP contribution in [-0.2, 0) is 19.4 Å². The number of carbonyl (C=O) groups excluding carboxylic acids is 2. The molecule has 2 fully saturated rings. The minimum Gasteiger partial charge on any atom is -0.452 e. The summed E-state index contributed by atoms with van der Waals surface area (Å²) in [5.41, 5.74) is -0.0470. The number of rotatable bonds is 6. The Kier molecular flexibility index (Phi) is 7.80. The van der Waals surface area contributed by atoms with Gasteiger partial charge in [0.15, 0.2) is 16.4 Å². The number of hydrogen-bond acceptors (Lipinski definition) is 5. The lowest BCUT2D eigenvalue weighted by molar-refractivity contribution is -0.141. The summed E-state index contributed by atoms with van der Waals surface area (Å²) in [5.74, 6) is -0.955. The Morgan fingerprint density at radius 2 is 1.53 bits per heavy atom. The Hall–Kier alpha value is -1.60. The molecule has 0 spiro atoms. The molecule has 1 aromatic carbocycles. The quantitative estimate of drug-likeness (QED) is 0.594. The zero-order chi connectivity index (χ0) is 21.7. The van der Waals surface area contributed by atoms with Gasteiger partial charge in [-0.05, 0) is 43.9 Å². The molecule has 2 aliphatic carbocycles. The first-order valence-electron chi connectivity index (χ1n) is 10.8. The van der Waals surface area contributed by atoms with Crippen LogP contribution in [0.25, 0.3) is 0 Å². The monoisotopic (exact) mass is 455 g/mol. The molecule has 1 aromatic rings. The number of hydrogen-bond donors (Lipinski definition) is 0. The van der Waals surface area contributed by atoms with Crippen molar-refractivity contribution in [1.82, 2.24) is 4.90 Å². The number of carbonyl (C=O) groups is 2. The van der Waals surface area contributed by atoms with Gasteiger partial charge in [0.2, 0.25) is 0 Å². The largest absolute Gasteiger partial charge is 0.452 e. The van der Waals surface area contributed by atoms with Gasteiger partial charge in [-0.1, -0.05) is 50.1 Å². The van der Waals surface area contributed by atoms with Crippen LogP contribution in [0.15, 0.2) is 23.1 Å². The zero-order valence-electron chi connectivity index (χ0n) is 17.4. The summed E-state index contributed by atoms with van der Waals surface area (Å²) < 4.78 is 28.8. The van der Waals surface area contributed by atoms with Crippen molar-refractivity contribution in [3.05, 3.63) is 28.8 Å². The maximum Gasteiger partial charge on any atom is 0.340 e. The predicted octanol–water partition coefficient (Wildman–Crippen LogP) is 4.39. The average Bonchev–Trinajstić information content (AvgIpc) is 2.73. The van der Waals surface area contributed by atoms with Crippen molar-refractivity contribution in [2.75, 3.05) is 12.9 Å². The van der Waals surface area contributed by atoms with Gasteiger partial charge in [-0.15, -0.1) is 0 Å². The summed E-state index contributed by atoms with van der Waals surface area (Å²) in [5, 5.41) is 0.0938. The molecular formula is C22H30ClNO5S. The van der Waals surface area contributed by atoms with E-state index in [1.165, 1.54) is 31.0 Å². The normalized spacial score (nSPS) is 18.7. The van der Waals surface area contributed by atoms with E-state index in [9.17, 15) is 18.0 Å². The third-order valence-electron chi connectivity index (χ3n) is 6.14. The molecule has 0 saturated heterocycles. The van der Waals surface area contributed by atoms with Crippen molar-refractivity contribution < 1.29 is 22.7 Å². The van der Waals surface area contributed by atoms with Crippen LogP contribution in [-0.4, -0.2) is 50.1 Å². The number of esters is 1. The zero-order valence-corrected chi connectivity index (χ0v) is 19.0. The van der Waals surface area contributed by atoms with E-state index in [2.05, 4.69) is 0 Å². The van der Waals surface area contributed by atoms with E-state index in [1.54, 1.807) is 0 Å². The first kappa shape index (κ1) is 23.1. The van der Waals surface area contributed by atoms with Crippen molar-refractivity contribution in [3.63, 3.8) is 0 Å². The predicted molar refractivity (Wildman–Crippen MR) is 115 cm³/mol. The Balaban J connectivity index is 1.70. The smallest absolute Gasteiger partial charge is 0.340 e. The lowest BCUT2D eigenvalue weighted by atomic mass is 9.88. The van der Waals surface area contributed by atoms with Crippen molar-refractivity contribution >= 4 is 33.3 Å². The molecule has 0 atom stereocenters. The third kappa shape index (κ3) is 5.76. The number of amides is 1. The third-order valence-corrected chi connectivity index (χ3v) is 7.58. The molecule has 0 bridgehead atoms. The molecule has 0 heterocycles. The fourth-order valence-electron chi connectivity index (χ4n) is 4.59. The van der Waals surface area contributed by atoms with Gasteiger partial charge in [0.05, 0.1) is 15.5 Å². The van der Waals surface area contributed by atoms with Crippen LogP contribution in [0.4, 0.5) is 0 Å². The van der Waals surface area contributed by atoms with Crippen LogP contribution in [0.1, 0.15) is 74.6 Å². The van der Waals surface area contributed by atoms with Crippen molar-refractivity contribution in [2.24, 2.45) is 0 Å². The van der Waals surface area contributed by atoms with Gasteiger partial charge < -0.3 is 9.64 Å². The van der Waals surface area contributed by atoms with Gasteiger partial charge in [-0.25, -0.2) is 13.2 Å². The maximum absolute atomic E-state index is 13.1. The van der Waals surface area contributed by atoms with Crippen LogP contribution in [0.5, 0.6) is 0 Å². The molecule has 30 heavy (non-hydrogen) atoms. The van der Waals surface area contributed by atoms with E-state index >= 15 is 0 Å².